The summed E-state index contributed by atoms with van der Waals surface area (Å²) in [5.41, 5.74) is 3.85. The second-order valence-corrected chi connectivity index (χ2v) is 8.77. The Hall–Kier alpha value is -4.26. The Labute approximate surface area is 225 Å². The summed E-state index contributed by atoms with van der Waals surface area (Å²) in [5, 5.41) is 2.63. The highest BCUT2D eigenvalue weighted by Crippen LogP contribution is 2.34. The number of oxazole rings is 1. The number of rotatable bonds is 8. The fourth-order valence-electron chi connectivity index (χ4n) is 3.51. The van der Waals surface area contributed by atoms with Crippen LogP contribution in [0.2, 0.25) is 0 Å². The Morgan fingerprint density at radius 3 is 2.31 bits per heavy atom. The monoisotopic (exact) mass is 609 g/mol. The summed E-state index contributed by atoms with van der Waals surface area (Å²) >= 11 is 3.17. The van der Waals surface area contributed by atoms with Gasteiger partial charge in [0.25, 0.3) is 11.8 Å². The smallest absolute Gasteiger partial charge is 0.416 e. The fraction of sp³-hybridized carbons (Fsp3) is 0.115. The van der Waals surface area contributed by atoms with Crippen molar-refractivity contribution < 1.29 is 40.7 Å². The molecule has 1 aromatic heterocycles. The van der Waals surface area contributed by atoms with Crippen molar-refractivity contribution in [3.63, 3.8) is 0 Å². The summed E-state index contributed by atoms with van der Waals surface area (Å²) in [7, 11) is 0. The lowest BCUT2D eigenvalue weighted by Crippen LogP contribution is -2.33. The normalized spacial score (nSPS) is 12.2. The van der Waals surface area contributed by atoms with E-state index in [1.54, 1.807) is 18.2 Å². The maximum atomic E-state index is 14.7. The van der Waals surface area contributed by atoms with Gasteiger partial charge in [0, 0.05) is 11.1 Å². The molecule has 4 rings (SSSR count). The number of nitrogens with zero attached hydrogens (tertiary/aromatic N) is 1. The van der Waals surface area contributed by atoms with Gasteiger partial charge in [0.05, 0.1) is 5.56 Å². The van der Waals surface area contributed by atoms with Crippen LogP contribution in [0.4, 0.5) is 22.0 Å². The van der Waals surface area contributed by atoms with Gasteiger partial charge in [-0.1, -0.05) is 30.3 Å². The van der Waals surface area contributed by atoms with Gasteiger partial charge in [-0.25, -0.2) is 13.8 Å². The van der Waals surface area contributed by atoms with E-state index >= 15 is 0 Å². The van der Waals surface area contributed by atoms with Crippen LogP contribution in [0, 0.1) is 11.6 Å². The van der Waals surface area contributed by atoms with Gasteiger partial charge in [-0.2, -0.15) is 13.2 Å². The number of nitrogens with two attached hydrogens (primary N) is 1. The molecule has 0 aliphatic carbocycles. The number of carbonyl (C=O) groups is 2. The summed E-state index contributed by atoms with van der Waals surface area (Å²) in [6, 6.07) is 12.7. The van der Waals surface area contributed by atoms with Crippen LogP contribution in [0.1, 0.15) is 38.2 Å². The third-order valence-corrected chi connectivity index (χ3v) is 5.97. The largest absolute Gasteiger partial charge is 0.488 e. The van der Waals surface area contributed by atoms with Crippen LogP contribution in [0.3, 0.4) is 0 Å². The average Bonchev–Trinajstić information content (AvgIpc) is 3.28. The predicted octanol–water partition coefficient (Wildman–Crippen LogP) is 6.05. The van der Waals surface area contributed by atoms with Crippen molar-refractivity contribution in [1.82, 2.24) is 10.3 Å². The summed E-state index contributed by atoms with van der Waals surface area (Å²) in [5.74, 6) is -5.11. The number of primary amides is 1. The van der Waals surface area contributed by atoms with Crippen LogP contribution in [-0.4, -0.2) is 23.4 Å². The highest BCUT2D eigenvalue weighted by atomic mass is 79.9. The first-order chi connectivity index (χ1) is 18.5. The molecule has 0 bridgehead atoms. The van der Waals surface area contributed by atoms with E-state index in [4.69, 9.17) is 14.9 Å². The number of hydrogen-bond acceptors (Lipinski definition) is 5. The molecule has 13 heteroatoms. The van der Waals surface area contributed by atoms with Crippen molar-refractivity contribution in [2.24, 2.45) is 5.73 Å². The molecule has 4 aromatic rings. The molecule has 0 aliphatic rings. The molecular formula is C26H17BrF5N3O4. The third kappa shape index (κ3) is 6.25. The van der Waals surface area contributed by atoms with E-state index < -0.39 is 59.2 Å². The molecule has 1 unspecified atom stereocenters. The van der Waals surface area contributed by atoms with Gasteiger partial charge in [0.15, 0.2) is 16.2 Å². The van der Waals surface area contributed by atoms with Crippen molar-refractivity contribution in [1.29, 1.82) is 0 Å². The summed E-state index contributed by atoms with van der Waals surface area (Å²) < 4.78 is 78.5. The summed E-state index contributed by atoms with van der Waals surface area (Å²) in [4.78, 5) is 28.6. The van der Waals surface area contributed by atoms with Crippen LogP contribution in [0.5, 0.6) is 5.75 Å². The zero-order chi connectivity index (χ0) is 28.3. The van der Waals surface area contributed by atoms with Gasteiger partial charge in [0.2, 0.25) is 5.89 Å². The molecule has 39 heavy (non-hydrogen) atoms. The number of amides is 2. The lowest BCUT2D eigenvalue weighted by molar-refractivity contribution is -0.137. The SMILES string of the molecule is NC(=O)c1c(F)ccc(OCC(NC(=O)c2ccccc2)c2nc(-c3ccc(C(F)(F)F)cc3)c(Br)o2)c1F. The zero-order valence-electron chi connectivity index (χ0n) is 19.6. The van der Waals surface area contributed by atoms with E-state index in [1.165, 1.54) is 24.3 Å². The molecule has 0 fully saturated rings. The lowest BCUT2D eigenvalue weighted by Gasteiger charge is -2.17. The van der Waals surface area contributed by atoms with Crippen LogP contribution in [-0.2, 0) is 6.18 Å². The molecule has 2 amide bonds. The van der Waals surface area contributed by atoms with Crippen LogP contribution >= 0.6 is 15.9 Å². The highest BCUT2D eigenvalue weighted by molar-refractivity contribution is 9.10. The molecule has 0 saturated heterocycles. The number of alkyl halides is 3. The van der Waals surface area contributed by atoms with Crippen molar-refractivity contribution in [3.8, 4) is 17.0 Å². The van der Waals surface area contributed by atoms with Crippen molar-refractivity contribution in [3.05, 3.63) is 106 Å². The topological polar surface area (TPSA) is 107 Å². The zero-order valence-corrected chi connectivity index (χ0v) is 21.1. The summed E-state index contributed by atoms with van der Waals surface area (Å²) in [6.45, 7) is -0.501. The first-order valence-electron chi connectivity index (χ1n) is 11.1. The van der Waals surface area contributed by atoms with Crippen LogP contribution in [0.15, 0.2) is 75.8 Å². The molecule has 0 spiro atoms. The summed E-state index contributed by atoms with van der Waals surface area (Å²) in [6.07, 6.45) is -4.53. The Kier molecular flexibility index (Phi) is 8.00. The van der Waals surface area contributed by atoms with E-state index in [1.807, 2.05) is 0 Å². The maximum absolute atomic E-state index is 14.7. The maximum Gasteiger partial charge on any atom is 0.416 e. The van der Waals surface area contributed by atoms with Gasteiger partial charge in [-0.15, -0.1) is 0 Å². The highest BCUT2D eigenvalue weighted by Gasteiger charge is 2.31. The third-order valence-electron chi connectivity index (χ3n) is 5.44. The standard InChI is InChI=1S/C26H17BrF5N3O4/c27-22-21(13-6-8-15(9-7-13)26(30,31)32)35-25(39-22)17(34-24(37)14-4-2-1-3-5-14)12-38-18-11-10-16(28)19(20(18)29)23(33)36/h1-11,17H,12H2,(H2,33,36)(H,34,37). The number of carbonyl (C=O) groups excluding carboxylic acids is 2. The lowest BCUT2D eigenvalue weighted by atomic mass is 10.1. The van der Waals surface area contributed by atoms with Crippen molar-refractivity contribution >= 4 is 27.7 Å². The Morgan fingerprint density at radius 2 is 1.69 bits per heavy atom. The number of hydrogen-bond donors (Lipinski definition) is 2. The van der Waals surface area contributed by atoms with Gasteiger partial charge in [-0.3, -0.25) is 9.59 Å². The molecule has 3 aromatic carbocycles. The molecule has 0 radical (unpaired) electrons. The van der Waals surface area contributed by atoms with Crippen molar-refractivity contribution in [2.45, 2.75) is 12.2 Å². The van der Waals surface area contributed by atoms with Gasteiger partial charge in [-0.05, 0) is 52.3 Å². The molecule has 1 heterocycles. The Bertz CT molecular complexity index is 1510. The average molecular weight is 610 g/mol. The number of aromatic nitrogens is 1. The van der Waals surface area contributed by atoms with E-state index in [0.717, 1.165) is 24.3 Å². The minimum absolute atomic E-state index is 0.0418. The number of halogens is 6. The molecule has 3 N–H and O–H groups in total. The fourth-order valence-corrected chi connectivity index (χ4v) is 3.99. The molecule has 0 aliphatic heterocycles. The van der Waals surface area contributed by atoms with Gasteiger partial charge < -0.3 is 20.2 Å². The van der Waals surface area contributed by atoms with Gasteiger partial charge >= 0.3 is 6.18 Å². The second-order valence-electron chi connectivity index (χ2n) is 8.05. The minimum atomic E-state index is -4.53. The van der Waals surface area contributed by atoms with Crippen LogP contribution < -0.4 is 15.8 Å². The minimum Gasteiger partial charge on any atom is -0.488 e. The van der Waals surface area contributed by atoms with E-state index in [0.29, 0.717) is 0 Å². The molecular weight excluding hydrogens is 593 g/mol. The number of ether oxygens (including phenoxy) is 1. The number of nitrogens with one attached hydrogen (secondary N) is 1. The molecule has 0 saturated carbocycles. The predicted molar refractivity (Wildman–Crippen MR) is 132 cm³/mol. The molecule has 7 nitrogen and oxygen atoms in total. The second kappa shape index (κ2) is 11.2. The number of benzene rings is 3. The quantitative estimate of drug-likeness (QED) is 0.236. The Balaban J connectivity index is 1.65. The molecule has 1 atom stereocenters. The van der Waals surface area contributed by atoms with E-state index in [2.05, 4.69) is 26.2 Å². The van der Waals surface area contributed by atoms with Gasteiger partial charge in [0.1, 0.15) is 29.7 Å². The van der Waals surface area contributed by atoms with Crippen molar-refractivity contribution in [2.75, 3.05) is 6.61 Å². The first kappa shape index (κ1) is 27.8. The van der Waals surface area contributed by atoms with E-state index in [-0.39, 0.29) is 27.4 Å². The Morgan fingerprint density at radius 1 is 1.03 bits per heavy atom. The van der Waals surface area contributed by atoms with E-state index in [9.17, 15) is 31.5 Å². The first-order valence-corrected chi connectivity index (χ1v) is 11.9. The molecule has 202 valence electrons. The van der Waals surface area contributed by atoms with Crippen LogP contribution in [0.25, 0.3) is 11.3 Å².